The summed E-state index contributed by atoms with van der Waals surface area (Å²) in [5, 5.41) is 0. The second kappa shape index (κ2) is 5.05. The Balaban J connectivity index is 2.19. The molecule has 1 aromatic heterocycles. The Morgan fingerprint density at radius 3 is 2.59 bits per heavy atom. The monoisotopic (exact) mass is 237 g/mol. The predicted octanol–water partition coefficient (Wildman–Crippen LogP) is 1.71. The van der Waals surface area contributed by atoms with Crippen molar-refractivity contribution in [2.24, 2.45) is 5.73 Å². The lowest BCUT2D eigenvalue weighted by atomic mass is 10.2. The summed E-state index contributed by atoms with van der Waals surface area (Å²) in [6.45, 7) is 0.640. The lowest BCUT2D eigenvalue weighted by Gasteiger charge is -2.05. The predicted molar refractivity (Wildman–Crippen MR) is 60.4 cm³/mol. The molecule has 17 heavy (non-hydrogen) atoms. The van der Waals surface area contributed by atoms with E-state index < -0.39 is 11.6 Å². The van der Waals surface area contributed by atoms with Gasteiger partial charge in [0.25, 0.3) is 0 Å². The molecule has 90 valence electrons. The van der Waals surface area contributed by atoms with E-state index in [2.05, 4.69) is 4.98 Å². The summed E-state index contributed by atoms with van der Waals surface area (Å²) in [5.41, 5.74) is 6.27. The van der Waals surface area contributed by atoms with Gasteiger partial charge in [-0.2, -0.15) is 0 Å². The van der Waals surface area contributed by atoms with E-state index >= 15 is 0 Å². The van der Waals surface area contributed by atoms with Gasteiger partial charge in [0.05, 0.1) is 18.6 Å². The molecule has 1 aromatic carbocycles. The molecule has 0 bridgehead atoms. The second-order valence-electron chi connectivity index (χ2n) is 3.78. The lowest BCUT2D eigenvalue weighted by Crippen LogP contribution is -2.04. The highest BCUT2D eigenvalue weighted by Crippen LogP contribution is 2.13. The molecule has 0 saturated carbocycles. The summed E-state index contributed by atoms with van der Waals surface area (Å²) in [5.74, 6) is -1.09. The van der Waals surface area contributed by atoms with Gasteiger partial charge in [-0.1, -0.05) is 6.07 Å². The summed E-state index contributed by atoms with van der Waals surface area (Å²) >= 11 is 0. The number of imidazole rings is 1. The lowest BCUT2D eigenvalue weighted by molar-refractivity contribution is 0.544. The van der Waals surface area contributed by atoms with Gasteiger partial charge in [0.1, 0.15) is 11.6 Å². The molecule has 0 radical (unpaired) electrons. The van der Waals surface area contributed by atoms with Crippen LogP contribution in [0.1, 0.15) is 11.3 Å². The number of nitrogens with zero attached hydrogens (tertiary/aromatic N) is 2. The molecule has 1 heterocycles. The molecule has 0 unspecified atom stereocenters. The maximum absolute atomic E-state index is 13.4. The van der Waals surface area contributed by atoms with Crippen LogP contribution in [0.5, 0.6) is 0 Å². The van der Waals surface area contributed by atoms with E-state index in [9.17, 15) is 8.78 Å². The first-order valence-corrected chi connectivity index (χ1v) is 5.34. The van der Waals surface area contributed by atoms with E-state index in [1.54, 1.807) is 17.1 Å². The van der Waals surface area contributed by atoms with Gasteiger partial charge in [-0.05, 0) is 18.7 Å². The highest BCUT2D eigenvalue weighted by atomic mass is 19.1. The van der Waals surface area contributed by atoms with Crippen LogP contribution >= 0.6 is 0 Å². The number of nitrogens with two attached hydrogens (primary N) is 1. The number of rotatable bonds is 4. The van der Waals surface area contributed by atoms with Crippen LogP contribution in [0, 0.1) is 11.6 Å². The van der Waals surface area contributed by atoms with Crippen molar-refractivity contribution in [1.82, 2.24) is 9.55 Å². The van der Waals surface area contributed by atoms with Gasteiger partial charge in [0.2, 0.25) is 0 Å². The van der Waals surface area contributed by atoms with Gasteiger partial charge in [0.15, 0.2) is 0 Å². The van der Waals surface area contributed by atoms with Crippen LogP contribution in [-0.2, 0) is 13.0 Å². The third kappa shape index (κ3) is 2.68. The molecule has 0 saturated heterocycles. The summed E-state index contributed by atoms with van der Waals surface area (Å²) in [7, 11) is 0. The van der Waals surface area contributed by atoms with E-state index in [0.29, 0.717) is 13.0 Å². The Hall–Kier alpha value is -1.75. The zero-order valence-electron chi connectivity index (χ0n) is 9.24. The van der Waals surface area contributed by atoms with Crippen LogP contribution in [0.15, 0.2) is 30.7 Å². The molecule has 0 fully saturated rings. The van der Waals surface area contributed by atoms with Crippen LogP contribution in [0.4, 0.5) is 8.78 Å². The van der Waals surface area contributed by atoms with Crippen molar-refractivity contribution < 1.29 is 8.78 Å². The smallest absolute Gasteiger partial charge is 0.131 e. The maximum atomic E-state index is 13.4. The number of hydrogen-bond acceptors (Lipinski definition) is 2. The molecular formula is C12H13F2N3. The van der Waals surface area contributed by atoms with Crippen molar-refractivity contribution >= 4 is 0 Å². The van der Waals surface area contributed by atoms with Crippen molar-refractivity contribution in [2.75, 3.05) is 6.54 Å². The fraction of sp³-hybridized carbons (Fsp3) is 0.250. The molecule has 0 atom stereocenters. The number of aromatic nitrogens is 2. The van der Waals surface area contributed by atoms with Gasteiger partial charge in [-0.25, -0.2) is 13.8 Å². The average Bonchev–Trinajstić information content (AvgIpc) is 2.72. The summed E-state index contributed by atoms with van der Waals surface area (Å²) in [6.07, 6.45) is 3.96. The highest BCUT2D eigenvalue weighted by Gasteiger charge is 2.09. The molecule has 0 amide bonds. The Morgan fingerprint density at radius 2 is 1.94 bits per heavy atom. The first kappa shape index (κ1) is 11.7. The van der Waals surface area contributed by atoms with Gasteiger partial charge in [0, 0.05) is 18.2 Å². The molecule has 3 nitrogen and oxygen atoms in total. The van der Waals surface area contributed by atoms with Crippen LogP contribution in [0.2, 0.25) is 0 Å². The van der Waals surface area contributed by atoms with Gasteiger partial charge < -0.3 is 10.3 Å². The van der Waals surface area contributed by atoms with Crippen molar-refractivity contribution in [3.05, 3.63) is 53.6 Å². The minimum absolute atomic E-state index is 0.0456. The summed E-state index contributed by atoms with van der Waals surface area (Å²) in [4.78, 5) is 4.10. The molecule has 0 aliphatic rings. The van der Waals surface area contributed by atoms with Crippen LogP contribution < -0.4 is 5.73 Å². The summed E-state index contributed by atoms with van der Waals surface area (Å²) in [6, 6.07) is 3.84. The minimum atomic E-state index is -0.543. The highest BCUT2D eigenvalue weighted by molar-refractivity contribution is 5.20. The maximum Gasteiger partial charge on any atom is 0.131 e. The molecule has 2 rings (SSSR count). The van der Waals surface area contributed by atoms with E-state index in [1.165, 1.54) is 18.2 Å². The van der Waals surface area contributed by atoms with Crippen molar-refractivity contribution in [1.29, 1.82) is 0 Å². The van der Waals surface area contributed by atoms with Crippen LogP contribution in [0.3, 0.4) is 0 Å². The van der Waals surface area contributed by atoms with Gasteiger partial charge in [-0.15, -0.1) is 0 Å². The fourth-order valence-corrected chi connectivity index (χ4v) is 1.64. The SMILES string of the molecule is NCCc1cn(Cc2c(F)cccc2F)cn1. The van der Waals surface area contributed by atoms with Crippen LogP contribution in [-0.4, -0.2) is 16.1 Å². The molecule has 5 heteroatoms. The Morgan fingerprint density at radius 1 is 1.24 bits per heavy atom. The van der Waals surface area contributed by atoms with E-state index in [0.717, 1.165) is 5.69 Å². The molecule has 0 spiro atoms. The van der Waals surface area contributed by atoms with Gasteiger partial charge >= 0.3 is 0 Å². The fourth-order valence-electron chi connectivity index (χ4n) is 1.64. The average molecular weight is 237 g/mol. The van der Waals surface area contributed by atoms with Gasteiger partial charge in [-0.3, -0.25) is 0 Å². The summed E-state index contributed by atoms with van der Waals surface area (Å²) < 4.78 is 28.4. The number of hydrogen-bond donors (Lipinski definition) is 1. The van der Waals surface area contributed by atoms with Crippen molar-refractivity contribution in [2.45, 2.75) is 13.0 Å². The third-order valence-electron chi connectivity index (χ3n) is 2.49. The third-order valence-corrected chi connectivity index (χ3v) is 2.49. The largest absolute Gasteiger partial charge is 0.333 e. The van der Waals surface area contributed by atoms with E-state index in [4.69, 9.17) is 5.73 Å². The van der Waals surface area contributed by atoms with E-state index in [-0.39, 0.29) is 12.1 Å². The Bertz CT molecular complexity index is 488. The molecule has 0 aliphatic heterocycles. The molecule has 2 aromatic rings. The number of benzene rings is 1. The zero-order valence-corrected chi connectivity index (χ0v) is 9.24. The molecular weight excluding hydrogens is 224 g/mol. The normalized spacial score (nSPS) is 10.8. The quantitative estimate of drug-likeness (QED) is 0.879. The Kier molecular flexibility index (Phi) is 3.49. The minimum Gasteiger partial charge on any atom is -0.333 e. The zero-order chi connectivity index (χ0) is 12.3. The topological polar surface area (TPSA) is 43.8 Å². The van der Waals surface area contributed by atoms with Crippen molar-refractivity contribution in [3.63, 3.8) is 0 Å². The van der Waals surface area contributed by atoms with Crippen LogP contribution in [0.25, 0.3) is 0 Å². The Labute approximate surface area is 97.9 Å². The first-order valence-electron chi connectivity index (χ1n) is 5.34. The van der Waals surface area contributed by atoms with Crippen molar-refractivity contribution in [3.8, 4) is 0 Å². The van der Waals surface area contributed by atoms with E-state index in [1.807, 2.05) is 0 Å². The standard InChI is InChI=1S/C12H13F2N3/c13-11-2-1-3-12(14)10(11)7-17-6-9(4-5-15)16-8-17/h1-3,6,8H,4-5,7,15H2. The first-order chi connectivity index (χ1) is 8.20. The molecule has 2 N–H and O–H groups in total. The number of halogens is 2. The second-order valence-corrected chi connectivity index (χ2v) is 3.78. The molecule has 0 aliphatic carbocycles.